The van der Waals surface area contributed by atoms with E-state index in [0.717, 1.165) is 24.1 Å². The van der Waals surface area contributed by atoms with Gasteiger partial charge in [0.1, 0.15) is 17.2 Å². The van der Waals surface area contributed by atoms with Gasteiger partial charge in [-0.25, -0.2) is 9.02 Å². The molecule has 0 bridgehead atoms. The van der Waals surface area contributed by atoms with E-state index in [2.05, 4.69) is 25.2 Å². The third-order valence-corrected chi connectivity index (χ3v) is 5.70. The van der Waals surface area contributed by atoms with Gasteiger partial charge in [-0.15, -0.1) is 0 Å². The van der Waals surface area contributed by atoms with E-state index in [4.69, 9.17) is 0 Å². The molecule has 1 aliphatic rings. The summed E-state index contributed by atoms with van der Waals surface area (Å²) >= 11 is 0. The monoisotopic (exact) mass is 437 g/mol. The van der Waals surface area contributed by atoms with Crippen LogP contribution in [0.5, 0.6) is 0 Å². The van der Waals surface area contributed by atoms with Crippen LogP contribution in [0.3, 0.4) is 0 Å². The summed E-state index contributed by atoms with van der Waals surface area (Å²) in [4.78, 5) is 31.9. The third kappa shape index (κ3) is 4.66. The summed E-state index contributed by atoms with van der Waals surface area (Å²) < 4.78 is 17.7. The van der Waals surface area contributed by atoms with E-state index >= 15 is 0 Å². The van der Waals surface area contributed by atoms with Crippen LogP contribution >= 0.6 is 0 Å². The van der Waals surface area contributed by atoms with Crippen molar-refractivity contribution in [3.63, 3.8) is 0 Å². The molecule has 0 unspecified atom stereocenters. The summed E-state index contributed by atoms with van der Waals surface area (Å²) in [6, 6.07) is 9.38. The normalized spacial score (nSPS) is 15.7. The first kappa shape index (κ1) is 21.6. The molecule has 0 aliphatic carbocycles. The first-order valence-corrected chi connectivity index (χ1v) is 10.5. The summed E-state index contributed by atoms with van der Waals surface area (Å²) in [5, 5.41) is 10.4. The Bertz CT molecular complexity index is 1130. The SMILES string of the molecule is Cc1nc([C@@H]2CCCN2C(=O)Cc2nonc2C)ccc1C(=O)NCc1ccc(F)cc1. The van der Waals surface area contributed by atoms with E-state index in [1.54, 1.807) is 38.1 Å². The van der Waals surface area contributed by atoms with E-state index in [1.807, 2.05) is 4.90 Å². The number of aryl methyl sites for hydroxylation is 2. The number of rotatable bonds is 6. The van der Waals surface area contributed by atoms with Crippen LogP contribution in [0, 0.1) is 19.7 Å². The maximum Gasteiger partial charge on any atom is 0.253 e. The van der Waals surface area contributed by atoms with Crippen LogP contribution in [0.15, 0.2) is 41.0 Å². The molecule has 1 aromatic carbocycles. The van der Waals surface area contributed by atoms with Crippen LogP contribution in [0.4, 0.5) is 4.39 Å². The Morgan fingerprint density at radius 3 is 2.59 bits per heavy atom. The highest BCUT2D eigenvalue weighted by molar-refractivity contribution is 5.95. The van der Waals surface area contributed by atoms with Gasteiger partial charge in [-0.3, -0.25) is 14.6 Å². The molecule has 3 heterocycles. The lowest BCUT2D eigenvalue weighted by atomic mass is 10.1. The summed E-state index contributed by atoms with van der Waals surface area (Å²) in [7, 11) is 0. The van der Waals surface area contributed by atoms with Gasteiger partial charge in [0.25, 0.3) is 5.91 Å². The minimum absolute atomic E-state index is 0.0492. The standard InChI is InChI=1S/C23H24FN5O3/c1-14-18(23(31)25-13-16-5-7-17(24)8-6-16)9-10-19(26-14)21-4-3-11-29(21)22(30)12-20-15(2)27-32-28-20/h5-10,21H,3-4,11-13H2,1-2H3,(H,25,31)/t21-/m0/s1. The van der Waals surface area contributed by atoms with Gasteiger partial charge in [0.15, 0.2) is 0 Å². The van der Waals surface area contributed by atoms with Crippen molar-refractivity contribution in [2.24, 2.45) is 0 Å². The zero-order valence-corrected chi connectivity index (χ0v) is 18.0. The summed E-state index contributed by atoms with van der Waals surface area (Å²) in [5.74, 6) is -0.617. The van der Waals surface area contributed by atoms with Gasteiger partial charge >= 0.3 is 0 Å². The average molecular weight is 437 g/mol. The smallest absolute Gasteiger partial charge is 0.253 e. The topological polar surface area (TPSA) is 101 Å². The van der Waals surface area contributed by atoms with Crippen LogP contribution in [0.1, 0.15) is 57.6 Å². The highest BCUT2D eigenvalue weighted by Crippen LogP contribution is 2.32. The molecule has 1 atom stereocenters. The molecule has 0 radical (unpaired) electrons. The first-order valence-electron chi connectivity index (χ1n) is 10.5. The minimum atomic E-state index is -0.317. The molecule has 0 spiro atoms. The van der Waals surface area contributed by atoms with E-state index in [-0.39, 0.29) is 30.1 Å². The van der Waals surface area contributed by atoms with E-state index < -0.39 is 0 Å². The number of nitrogens with zero attached hydrogens (tertiary/aromatic N) is 4. The lowest BCUT2D eigenvalue weighted by molar-refractivity contribution is -0.131. The third-order valence-electron chi connectivity index (χ3n) is 5.70. The molecule has 166 valence electrons. The Labute approximate surface area is 184 Å². The first-order chi connectivity index (χ1) is 15.4. The fourth-order valence-electron chi connectivity index (χ4n) is 3.91. The molecule has 9 heteroatoms. The summed E-state index contributed by atoms with van der Waals surface area (Å²) in [5.41, 5.74) is 3.78. The van der Waals surface area contributed by atoms with Crippen LogP contribution < -0.4 is 5.32 Å². The summed E-state index contributed by atoms with van der Waals surface area (Å²) in [6.07, 6.45) is 1.83. The average Bonchev–Trinajstić information content (AvgIpc) is 3.42. The van der Waals surface area contributed by atoms with Crippen molar-refractivity contribution in [3.05, 3.63) is 76.1 Å². The zero-order valence-electron chi connectivity index (χ0n) is 18.0. The van der Waals surface area contributed by atoms with Gasteiger partial charge in [-0.1, -0.05) is 22.4 Å². The molecule has 32 heavy (non-hydrogen) atoms. The lowest BCUT2D eigenvalue weighted by Crippen LogP contribution is -2.32. The minimum Gasteiger partial charge on any atom is -0.348 e. The number of pyridine rings is 1. The molecule has 2 aromatic heterocycles. The number of benzene rings is 1. The van der Waals surface area contributed by atoms with Crippen LogP contribution in [-0.2, 0) is 17.8 Å². The molecule has 1 N–H and O–H groups in total. The van der Waals surface area contributed by atoms with Gasteiger partial charge < -0.3 is 10.2 Å². The second-order valence-electron chi connectivity index (χ2n) is 7.90. The second-order valence-corrected chi connectivity index (χ2v) is 7.90. The molecular formula is C23H24FN5O3. The molecule has 1 aliphatic heterocycles. The maximum atomic E-state index is 13.0. The molecule has 8 nitrogen and oxygen atoms in total. The van der Waals surface area contributed by atoms with Crippen molar-refractivity contribution in [1.82, 2.24) is 25.5 Å². The highest BCUT2D eigenvalue weighted by Gasteiger charge is 2.32. The number of likely N-dealkylation sites (tertiary alicyclic amines) is 1. The van der Waals surface area contributed by atoms with Crippen LogP contribution in [0.2, 0.25) is 0 Å². The fraction of sp³-hybridized carbons (Fsp3) is 0.348. The number of carbonyl (C=O) groups is 2. The molecule has 3 aromatic rings. The van der Waals surface area contributed by atoms with Crippen LogP contribution in [0.25, 0.3) is 0 Å². The van der Waals surface area contributed by atoms with Crippen molar-refractivity contribution >= 4 is 11.8 Å². The van der Waals surface area contributed by atoms with Crippen molar-refractivity contribution in [1.29, 1.82) is 0 Å². The quantitative estimate of drug-likeness (QED) is 0.636. The number of carbonyl (C=O) groups excluding carboxylic acids is 2. The van der Waals surface area contributed by atoms with E-state index in [9.17, 15) is 14.0 Å². The van der Waals surface area contributed by atoms with Crippen molar-refractivity contribution in [3.8, 4) is 0 Å². The molecule has 1 saturated heterocycles. The number of halogens is 1. The number of hydrogen-bond donors (Lipinski definition) is 1. The summed E-state index contributed by atoms with van der Waals surface area (Å²) in [6.45, 7) is 4.48. The Balaban J connectivity index is 1.43. The second kappa shape index (κ2) is 9.25. The predicted octanol–water partition coefficient (Wildman–Crippen LogP) is 3.06. The van der Waals surface area contributed by atoms with Gasteiger partial charge in [0.2, 0.25) is 5.91 Å². The Hall–Kier alpha value is -3.62. The Morgan fingerprint density at radius 1 is 1.12 bits per heavy atom. The van der Waals surface area contributed by atoms with E-state index in [1.165, 1.54) is 12.1 Å². The van der Waals surface area contributed by atoms with Gasteiger partial charge in [-0.2, -0.15) is 0 Å². The molecule has 4 rings (SSSR count). The van der Waals surface area contributed by atoms with E-state index in [0.29, 0.717) is 35.7 Å². The fourth-order valence-corrected chi connectivity index (χ4v) is 3.91. The molecular weight excluding hydrogens is 413 g/mol. The maximum absolute atomic E-state index is 13.0. The number of nitrogens with one attached hydrogen (secondary N) is 1. The predicted molar refractivity (Wildman–Crippen MR) is 113 cm³/mol. The van der Waals surface area contributed by atoms with Crippen LogP contribution in [-0.4, -0.2) is 38.6 Å². The van der Waals surface area contributed by atoms with Crippen molar-refractivity contribution in [2.75, 3.05) is 6.54 Å². The molecule has 2 amide bonds. The Kier molecular flexibility index (Phi) is 6.25. The Morgan fingerprint density at radius 2 is 1.91 bits per heavy atom. The van der Waals surface area contributed by atoms with Gasteiger partial charge in [0, 0.05) is 13.1 Å². The highest BCUT2D eigenvalue weighted by atomic mass is 19.1. The molecule has 0 saturated carbocycles. The largest absolute Gasteiger partial charge is 0.348 e. The lowest BCUT2D eigenvalue weighted by Gasteiger charge is -2.24. The van der Waals surface area contributed by atoms with Crippen molar-refractivity contribution in [2.45, 2.75) is 45.7 Å². The zero-order chi connectivity index (χ0) is 22.7. The van der Waals surface area contributed by atoms with Crippen molar-refractivity contribution < 1.29 is 18.6 Å². The molecule has 1 fully saturated rings. The number of aromatic nitrogens is 3. The van der Waals surface area contributed by atoms with Gasteiger partial charge in [-0.05, 0) is 56.5 Å². The number of amides is 2. The number of hydrogen-bond acceptors (Lipinski definition) is 6. The van der Waals surface area contributed by atoms with Gasteiger partial charge in [0.05, 0.1) is 29.4 Å².